The Morgan fingerprint density at radius 1 is 1.35 bits per heavy atom. The molecule has 112 valence electrons. The maximum absolute atomic E-state index is 12.4. The van der Waals surface area contributed by atoms with Crippen molar-refractivity contribution >= 4 is 27.1 Å². The van der Waals surface area contributed by atoms with Crippen LogP contribution in [-0.4, -0.2) is 32.6 Å². The van der Waals surface area contributed by atoms with Gasteiger partial charge in [0.2, 0.25) is 0 Å². The lowest BCUT2D eigenvalue weighted by molar-refractivity contribution is 0.548. The van der Waals surface area contributed by atoms with Crippen molar-refractivity contribution in [3.8, 4) is 0 Å². The Balaban J connectivity index is 2.43. The minimum Gasteiger partial charge on any atom is -0.366 e. The van der Waals surface area contributed by atoms with Gasteiger partial charge in [-0.05, 0) is 30.9 Å². The fraction of sp³-hybridized carbons (Fsp3) is 0.600. The Kier molecular flexibility index (Phi) is 4.97. The summed E-state index contributed by atoms with van der Waals surface area (Å²) in [5.41, 5.74) is 0.816. The van der Waals surface area contributed by atoms with Crippen molar-refractivity contribution in [1.29, 1.82) is 0 Å². The first-order valence-electron chi connectivity index (χ1n) is 7.15. The van der Waals surface area contributed by atoms with Gasteiger partial charge in [0, 0.05) is 18.5 Å². The molecular weight excluding hydrogens is 294 g/mol. The van der Waals surface area contributed by atoms with Crippen LogP contribution in [0.15, 0.2) is 29.2 Å². The normalized spacial score (nSPS) is 23.2. The average molecular weight is 316 g/mol. The Morgan fingerprint density at radius 3 is 2.70 bits per heavy atom. The monoisotopic (exact) mass is 315 g/mol. The van der Waals surface area contributed by atoms with Crippen molar-refractivity contribution in [2.75, 3.05) is 23.1 Å². The van der Waals surface area contributed by atoms with E-state index in [-0.39, 0.29) is 11.8 Å². The molecule has 0 amide bonds. The summed E-state index contributed by atoms with van der Waals surface area (Å²) in [7, 11) is -3.21. The highest BCUT2D eigenvalue weighted by atomic mass is 35.5. The van der Waals surface area contributed by atoms with Crippen LogP contribution < -0.4 is 4.90 Å². The molecule has 0 radical (unpaired) electrons. The number of hydrogen-bond donors (Lipinski definition) is 0. The molecule has 0 aromatic heterocycles. The number of alkyl halides is 1. The second-order valence-corrected chi connectivity index (χ2v) is 7.85. The zero-order chi connectivity index (χ0) is 14.8. The predicted molar refractivity (Wildman–Crippen MR) is 84.4 cm³/mol. The third kappa shape index (κ3) is 2.96. The summed E-state index contributed by atoms with van der Waals surface area (Å²) in [4.78, 5) is 2.62. The van der Waals surface area contributed by atoms with Gasteiger partial charge in [0.15, 0.2) is 9.84 Å². The van der Waals surface area contributed by atoms with Crippen molar-refractivity contribution in [3.05, 3.63) is 24.3 Å². The van der Waals surface area contributed by atoms with E-state index in [2.05, 4.69) is 11.8 Å². The molecule has 1 heterocycles. The number of para-hydroxylation sites is 1. The fourth-order valence-electron chi connectivity index (χ4n) is 2.88. The molecule has 1 aliphatic rings. The standard InChI is InChI=1S/C15H22ClNO2S/c1-3-10-20(18,19)15-7-5-4-6-13(15)17-9-8-12(2)14(17)11-16/h4-7,12,14H,3,8-11H2,1-2H3. The van der Waals surface area contributed by atoms with Gasteiger partial charge in [0.1, 0.15) is 0 Å². The Bertz CT molecular complexity index is 559. The quantitative estimate of drug-likeness (QED) is 0.782. The second kappa shape index (κ2) is 6.35. The van der Waals surface area contributed by atoms with E-state index >= 15 is 0 Å². The molecule has 5 heteroatoms. The van der Waals surface area contributed by atoms with Crippen LogP contribution in [0.5, 0.6) is 0 Å². The van der Waals surface area contributed by atoms with Crippen molar-refractivity contribution < 1.29 is 8.42 Å². The maximum atomic E-state index is 12.4. The molecule has 0 saturated carbocycles. The van der Waals surface area contributed by atoms with E-state index in [4.69, 9.17) is 11.6 Å². The molecular formula is C15H22ClNO2S. The summed E-state index contributed by atoms with van der Waals surface area (Å²) in [6, 6.07) is 7.53. The maximum Gasteiger partial charge on any atom is 0.180 e. The van der Waals surface area contributed by atoms with Gasteiger partial charge in [-0.15, -0.1) is 11.6 Å². The van der Waals surface area contributed by atoms with Gasteiger partial charge in [0.05, 0.1) is 16.3 Å². The molecule has 1 saturated heterocycles. The second-order valence-electron chi connectivity index (χ2n) is 5.47. The van der Waals surface area contributed by atoms with Gasteiger partial charge in [-0.2, -0.15) is 0 Å². The average Bonchev–Trinajstić information content (AvgIpc) is 2.79. The van der Waals surface area contributed by atoms with Crippen molar-refractivity contribution in [3.63, 3.8) is 0 Å². The minimum atomic E-state index is -3.21. The van der Waals surface area contributed by atoms with Crippen LogP contribution in [0.25, 0.3) is 0 Å². The molecule has 2 rings (SSSR count). The lowest BCUT2D eigenvalue weighted by Crippen LogP contribution is -2.34. The van der Waals surface area contributed by atoms with E-state index in [0.29, 0.717) is 23.1 Å². The van der Waals surface area contributed by atoms with E-state index in [1.54, 1.807) is 12.1 Å². The van der Waals surface area contributed by atoms with Gasteiger partial charge < -0.3 is 4.90 Å². The van der Waals surface area contributed by atoms with E-state index < -0.39 is 9.84 Å². The van der Waals surface area contributed by atoms with E-state index in [0.717, 1.165) is 18.7 Å². The summed E-state index contributed by atoms with van der Waals surface area (Å²) in [5.74, 6) is 1.22. The fourth-order valence-corrected chi connectivity index (χ4v) is 4.90. The van der Waals surface area contributed by atoms with E-state index in [9.17, 15) is 8.42 Å². The summed E-state index contributed by atoms with van der Waals surface area (Å²) in [6.45, 7) is 4.94. The zero-order valence-electron chi connectivity index (χ0n) is 12.0. The SMILES string of the molecule is CCCS(=O)(=O)c1ccccc1N1CCC(C)C1CCl. The first-order valence-corrected chi connectivity index (χ1v) is 9.34. The van der Waals surface area contributed by atoms with Crippen LogP contribution in [-0.2, 0) is 9.84 Å². The van der Waals surface area contributed by atoms with Crippen LogP contribution in [0.1, 0.15) is 26.7 Å². The summed E-state index contributed by atoms with van der Waals surface area (Å²) < 4.78 is 24.9. The summed E-state index contributed by atoms with van der Waals surface area (Å²) in [6.07, 6.45) is 1.69. The van der Waals surface area contributed by atoms with Crippen LogP contribution in [0, 0.1) is 5.92 Å². The molecule has 1 aliphatic heterocycles. The lowest BCUT2D eigenvalue weighted by Gasteiger charge is -2.29. The molecule has 0 N–H and O–H groups in total. The van der Waals surface area contributed by atoms with Gasteiger partial charge in [0.25, 0.3) is 0 Å². The Hall–Kier alpha value is -0.740. The van der Waals surface area contributed by atoms with Crippen molar-refractivity contribution in [1.82, 2.24) is 0 Å². The third-order valence-corrected chi connectivity index (χ3v) is 6.30. The van der Waals surface area contributed by atoms with Crippen LogP contribution in [0.3, 0.4) is 0 Å². The highest BCUT2D eigenvalue weighted by Crippen LogP contribution is 2.34. The van der Waals surface area contributed by atoms with Crippen LogP contribution >= 0.6 is 11.6 Å². The molecule has 0 bridgehead atoms. The molecule has 0 spiro atoms. The smallest absolute Gasteiger partial charge is 0.180 e. The third-order valence-electron chi connectivity index (χ3n) is 4.02. The summed E-state index contributed by atoms with van der Waals surface area (Å²) >= 11 is 6.08. The van der Waals surface area contributed by atoms with E-state index in [1.807, 2.05) is 19.1 Å². The highest BCUT2D eigenvalue weighted by molar-refractivity contribution is 7.91. The Labute approximate surface area is 126 Å². The number of sulfone groups is 1. The predicted octanol–water partition coefficient (Wildman–Crippen LogP) is 3.32. The zero-order valence-corrected chi connectivity index (χ0v) is 13.6. The molecule has 1 fully saturated rings. The minimum absolute atomic E-state index is 0.193. The molecule has 1 aromatic carbocycles. The van der Waals surface area contributed by atoms with Crippen molar-refractivity contribution in [2.24, 2.45) is 5.92 Å². The van der Waals surface area contributed by atoms with Gasteiger partial charge in [-0.3, -0.25) is 0 Å². The van der Waals surface area contributed by atoms with Crippen LogP contribution in [0.2, 0.25) is 0 Å². The van der Waals surface area contributed by atoms with Crippen molar-refractivity contribution in [2.45, 2.75) is 37.6 Å². The molecule has 2 atom stereocenters. The molecule has 20 heavy (non-hydrogen) atoms. The number of hydrogen-bond acceptors (Lipinski definition) is 3. The van der Waals surface area contributed by atoms with Crippen LogP contribution in [0.4, 0.5) is 5.69 Å². The first-order chi connectivity index (χ1) is 9.51. The Morgan fingerprint density at radius 2 is 2.05 bits per heavy atom. The largest absolute Gasteiger partial charge is 0.366 e. The molecule has 1 aromatic rings. The number of nitrogens with zero attached hydrogens (tertiary/aromatic N) is 1. The number of rotatable bonds is 5. The topological polar surface area (TPSA) is 37.4 Å². The van der Waals surface area contributed by atoms with E-state index in [1.165, 1.54) is 0 Å². The molecule has 0 aliphatic carbocycles. The molecule has 3 nitrogen and oxygen atoms in total. The number of benzene rings is 1. The lowest BCUT2D eigenvalue weighted by atomic mass is 10.0. The number of anilines is 1. The van der Waals surface area contributed by atoms with Gasteiger partial charge in [-0.1, -0.05) is 26.0 Å². The highest BCUT2D eigenvalue weighted by Gasteiger charge is 2.33. The first kappa shape index (κ1) is 15.6. The summed E-state index contributed by atoms with van der Waals surface area (Å²) in [5, 5.41) is 0. The van der Waals surface area contributed by atoms with Gasteiger partial charge in [-0.25, -0.2) is 8.42 Å². The van der Waals surface area contributed by atoms with Gasteiger partial charge >= 0.3 is 0 Å². The number of halogens is 1. The molecule has 2 unspecified atom stereocenters.